The van der Waals surface area contributed by atoms with E-state index < -0.39 is 11.6 Å². The monoisotopic (exact) mass is 397 g/mol. The lowest BCUT2D eigenvalue weighted by Gasteiger charge is -2.29. The number of rotatable bonds is 2. The van der Waals surface area contributed by atoms with Crippen LogP contribution >= 0.6 is 22.6 Å². The van der Waals surface area contributed by atoms with E-state index in [4.69, 9.17) is 0 Å². The number of nitrogens with zero attached hydrogens (tertiary/aromatic N) is 3. The van der Waals surface area contributed by atoms with Crippen LogP contribution in [0.25, 0.3) is 0 Å². The van der Waals surface area contributed by atoms with Crippen LogP contribution in [0, 0.1) is 9.49 Å². The maximum atomic E-state index is 14.8. The van der Waals surface area contributed by atoms with Gasteiger partial charge >= 0.3 is 0 Å². The Hall–Kier alpha value is -1.57. The van der Waals surface area contributed by atoms with Crippen molar-refractivity contribution in [1.82, 2.24) is 4.98 Å². The van der Waals surface area contributed by atoms with Crippen LogP contribution in [-0.4, -0.2) is 22.1 Å². The average Bonchev–Trinajstić information content (AvgIpc) is 2.79. The summed E-state index contributed by atoms with van der Waals surface area (Å²) in [5.74, 6) is -0.321. The second-order valence-electron chi connectivity index (χ2n) is 5.22. The predicted molar refractivity (Wildman–Crippen MR) is 87.8 cm³/mol. The zero-order valence-corrected chi connectivity index (χ0v) is 13.7. The zero-order chi connectivity index (χ0) is 15.2. The van der Waals surface area contributed by atoms with Gasteiger partial charge in [-0.25, -0.2) is 14.4 Å². The van der Waals surface area contributed by atoms with Crippen molar-refractivity contribution in [2.45, 2.75) is 19.5 Å². The van der Waals surface area contributed by atoms with Gasteiger partial charge in [-0.05, 0) is 53.8 Å². The van der Waals surface area contributed by atoms with Crippen molar-refractivity contribution in [3.63, 3.8) is 0 Å². The van der Waals surface area contributed by atoms with Gasteiger partial charge < -0.3 is 0 Å². The minimum atomic E-state index is -1.63. The number of carbonyl (C=O) groups excluding carboxylic acids is 1. The Morgan fingerprint density at radius 2 is 2.29 bits per heavy atom. The van der Waals surface area contributed by atoms with E-state index in [1.165, 1.54) is 19.9 Å². The molecule has 2 aliphatic rings. The molecule has 0 fully saturated rings. The molecule has 0 saturated heterocycles. The summed E-state index contributed by atoms with van der Waals surface area (Å²) in [6.45, 7) is 2.88. The molecule has 0 bridgehead atoms. The normalized spacial score (nSPS) is 27.2. The first-order valence-electron chi connectivity index (χ1n) is 6.49. The smallest absolute Gasteiger partial charge is 0.176 e. The number of ketones is 1. The van der Waals surface area contributed by atoms with E-state index in [0.29, 0.717) is 11.5 Å². The number of Topliss-reactive ketones (excluding diaryl/α,β-unsaturated/α-hetero) is 1. The number of hydrogen-bond donors (Lipinski definition) is 0. The SMILES string of the molecule is CC(=O)C1=NN(c2cc(I)ccn2)C2=CC=CC(C)(F)C21. The number of aromatic nitrogens is 1. The maximum Gasteiger partial charge on any atom is 0.176 e. The van der Waals surface area contributed by atoms with Gasteiger partial charge in [-0.2, -0.15) is 5.10 Å². The fourth-order valence-electron chi connectivity index (χ4n) is 2.61. The molecule has 1 aliphatic carbocycles. The highest BCUT2D eigenvalue weighted by molar-refractivity contribution is 14.1. The molecule has 21 heavy (non-hydrogen) atoms. The molecular weight excluding hydrogens is 384 g/mol. The van der Waals surface area contributed by atoms with E-state index in [-0.39, 0.29) is 11.5 Å². The van der Waals surface area contributed by atoms with Crippen LogP contribution in [0.5, 0.6) is 0 Å². The molecule has 1 aromatic rings. The minimum Gasteiger partial charge on any atom is -0.293 e. The van der Waals surface area contributed by atoms with Crippen LogP contribution in [0.15, 0.2) is 47.4 Å². The number of hydrogen-bond acceptors (Lipinski definition) is 4. The fourth-order valence-corrected chi connectivity index (χ4v) is 3.05. The van der Waals surface area contributed by atoms with Crippen molar-refractivity contribution in [3.05, 3.63) is 45.8 Å². The average molecular weight is 397 g/mol. The topological polar surface area (TPSA) is 45.6 Å². The number of pyridine rings is 1. The minimum absolute atomic E-state index is 0.224. The molecular formula is C15H13FIN3O. The van der Waals surface area contributed by atoms with Gasteiger partial charge in [0.15, 0.2) is 11.6 Å². The van der Waals surface area contributed by atoms with Crippen LogP contribution in [0.1, 0.15) is 13.8 Å². The van der Waals surface area contributed by atoms with Crippen LogP contribution < -0.4 is 5.01 Å². The molecule has 0 spiro atoms. The molecule has 0 N–H and O–H groups in total. The molecule has 3 rings (SSSR count). The van der Waals surface area contributed by atoms with Crippen LogP contribution in [0.3, 0.4) is 0 Å². The van der Waals surface area contributed by atoms with E-state index in [2.05, 4.69) is 32.7 Å². The lowest BCUT2D eigenvalue weighted by atomic mass is 9.80. The number of halogens is 2. The van der Waals surface area contributed by atoms with E-state index >= 15 is 0 Å². The quantitative estimate of drug-likeness (QED) is 0.720. The summed E-state index contributed by atoms with van der Waals surface area (Å²) in [6, 6.07) is 3.71. The highest BCUT2D eigenvalue weighted by Crippen LogP contribution is 2.42. The molecule has 2 unspecified atom stereocenters. The number of anilines is 1. The standard InChI is InChI=1S/C15H13FIN3O/c1-9(21)14-13-11(4-3-6-15(13,2)16)20(19-14)12-8-10(17)5-7-18-12/h3-8,13H,1-2H3. The van der Waals surface area contributed by atoms with E-state index in [9.17, 15) is 9.18 Å². The molecule has 0 amide bonds. The Kier molecular flexibility index (Phi) is 3.43. The van der Waals surface area contributed by atoms with Gasteiger partial charge in [0.25, 0.3) is 0 Å². The summed E-state index contributed by atoms with van der Waals surface area (Å²) in [5.41, 5.74) is -0.760. The van der Waals surface area contributed by atoms with Crippen molar-refractivity contribution < 1.29 is 9.18 Å². The van der Waals surface area contributed by atoms with E-state index in [1.54, 1.807) is 23.4 Å². The van der Waals surface area contributed by atoms with Gasteiger partial charge in [-0.1, -0.05) is 6.08 Å². The van der Waals surface area contributed by atoms with Gasteiger partial charge in [0, 0.05) is 16.7 Å². The summed E-state index contributed by atoms with van der Waals surface area (Å²) in [7, 11) is 0. The van der Waals surface area contributed by atoms with E-state index in [1.807, 2.05) is 12.1 Å². The summed E-state index contributed by atoms with van der Waals surface area (Å²) < 4.78 is 15.8. The Labute approximate surface area is 135 Å². The fraction of sp³-hybridized carbons (Fsp3) is 0.267. The van der Waals surface area contributed by atoms with Gasteiger partial charge in [-0.3, -0.25) is 4.79 Å². The van der Waals surface area contributed by atoms with Crippen LogP contribution in [0.4, 0.5) is 10.2 Å². The Morgan fingerprint density at radius 1 is 1.52 bits per heavy atom. The zero-order valence-electron chi connectivity index (χ0n) is 11.5. The highest BCUT2D eigenvalue weighted by atomic mass is 127. The molecule has 1 aliphatic heterocycles. The van der Waals surface area contributed by atoms with Crippen molar-refractivity contribution in [1.29, 1.82) is 0 Å². The van der Waals surface area contributed by atoms with Crippen LogP contribution in [-0.2, 0) is 4.79 Å². The Morgan fingerprint density at radius 3 is 2.95 bits per heavy atom. The number of fused-ring (bicyclic) bond motifs is 1. The maximum absolute atomic E-state index is 14.8. The van der Waals surface area contributed by atoms with E-state index in [0.717, 1.165) is 3.57 Å². The van der Waals surface area contributed by atoms with Gasteiger partial charge in [0.1, 0.15) is 11.4 Å². The molecule has 108 valence electrons. The van der Waals surface area contributed by atoms with Crippen molar-refractivity contribution >= 4 is 39.9 Å². The Bertz CT molecular complexity index is 709. The molecule has 6 heteroatoms. The number of alkyl halides is 1. The lowest BCUT2D eigenvalue weighted by Crippen LogP contribution is -2.38. The molecule has 2 atom stereocenters. The first-order chi connectivity index (χ1) is 9.90. The molecule has 4 nitrogen and oxygen atoms in total. The second kappa shape index (κ2) is 5.01. The van der Waals surface area contributed by atoms with Crippen LogP contribution in [0.2, 0.25) is 0 Å². The summed E-state index contributed by atoms with van der Waals surface area (Å²) in [5, 5.41) is 5.89. The number of hydrazone groups is 1. The summed E-state index contributed by atoms with van der Waals surface area (Å²) >= 11 is 2.18. The van der Waals surface area contributed by atoms with Crippen molar-refractivity contribution in [3.8, 4) is 0 Å². The van der Waals surface area contributed by atoms with Gasteiger partial charge in [0.05, 0.1) is 11.6 Å². The first-order valence-corrected chi connectivity index (χ1v) is 7.57. The summed E-state index contributed by atoms with van der Waals surface area (Å²) in [6.07, 6.45) is 6.57. The Balaban J connectivity index is 2.13. The third-order valence-electron chi connectivity index (χ3n) is 3.56. The molecule has 0 aromatic carbocycles. The number of carbonyl (C=O) groups is 1. The molecule has 2 heterocycles. The predicted octanol–water partition coefficient (Wildman–Crippen LogP) is 3.25. The van der Waals surface area contributed by atoms with Gasteiger partial charge in [0.2, 0.25) is 0 Å². The second-order valence-corrected chi connectivity index (χ2v) is 6.47. The third-order valence-corrected chi connectivity index (χ3v) is 4.23. The number of allylic oxidation sites excluding steroid dienone is 4. The van der Waals surface area contributed by atoms with Gasteiger partial charge in [-0.15, -0.1) is 0 Å². The lowest BCUT2D eigenvalue weighted by molar-refractivity contribution is -0.111. The third kappa shape index (κ3) is 2.41. The summed E-state index contributed by atoms with van der Waals surface area (Å²) in [4.78, 5) is 16.1. The largest absolute Gasteiger partial charge is 0.293 e. The molecule has 1 aromatic heterocycles. The first kappa shape index (κ1) is 14.4. The van der Waals surface area contributed by atoms with Crippen molar-refractivity contribution in [2.24, 2.45) is 11.0 Å². The highest BCUT2D eigenvalue weighted by Gasteiger charge is 2.47. The molecule has 0 radical (unpaired) electrons. The molecule has 0 saturated carbocycles. The van der Waals surface area contributed by atoms with Crippen molar-refractivity contribution in [2.75, 3.05) is 5.01 Å².